The number of rotatable bonds is 4. The molecule has 0 fully saturated rings. The molecule has 0 radical (unpaired) electrons. The molecule has 3 rings (SSSR count). The lowest BCUT2D eigenvalue weighted by molar-refractivity contribution is 0.0907. The second kappa shape index (κ2) is 5.49. The molecule has 0 saturated carbocycles. The van der Waals surface area contributed by atoms with Crippen LogP contribution in [0.25, 0.3) is 10.7 Å². The van der Waals surface area contributed by atoms with E-state index in [-0.39, 0.29) is 5.89 Å². The first kappa shape index (κ1) is 13.5. The van der Waals surface area contributed by atoms with Crippen molar-refractivity contribution in [2.45, 2.75) is 13.5 Å². The average Bonchev–Trinajstić information content (AvgIpc) is 3.16. The van der Waals surface area contributed by atoms with Crippen molar-refractivity contribution in [3.05, 3.63) is 40.9 Å². The number of aromatic nitrogens is 4. The summed E-state index contributed by atoms with van der Waals surface area (Å²) in [4.78, 5) is 16.9. The lowest BCUT2D eigenvalue weighted by Crippen LogP contribution is -2.23. The van der Waals surface area contributed by atoms with Crippen LogP contribution in [0.3, 0.4) is 0 Å². The van der Waals surface area contributed by atoms with Crippen LogP contribution in [0.2, 0.25) is 0 Å². The van der Waals surface area contributed by atoms with Gasteiger partial charge in [-0.15, -0.1) is 11.3 Å². The summed E-state index contributed by atoms with van der Waals surface area (Å²) in [5.74, 6) is -0.0128. The van der Waals surface area contributed by atoms with Gasteiger partial charge in [0.1, 0.15) is 0 Å². The maximum atomic E-state index is 12.0. The van der Waals surface area contributed by atoms with E-state index in [1.54, 1.807) is 4.68 Å². The summed E-state index contributed by atoms with van der Waals surface area (Å²) < 4.78 is 6.69. The Hall–Kier alpha value is -2.48. The van der Waals surface area contributed by atoms with Gasteiger partial charge < -0.3 is 9.84 Å². The summed E-state index contributed by atoms with van der Waals surface area (Å²) >= 11 is 1.49. The van der Waals surface area contributed by atoms with Crippen molar-refractivity contribution >= 4 is 17.2 Å². The normalized spacial score (nSPS) is 10.8. The Balaban J connectivity index is 1.67. The van der Waals surface area contributed by atoms with Crippen LogP contribution in [0.5, 0.6) is 0 Å². The summed E-state index contributed by atoms with van der Waals surface area (Å²) in [6.45, 7) is 2.26. The van der Waals surface area contributed by atoms with Crippen LogP contribution in [0.4, 0.5) is 0 Å². The molecule has 0 spiro atoms. The SMILES string of the molecule is Cc1nn(C)cc1CNC(=O)c1nc(-c2cccs2)no1. The summed E-state index contributed by atoms with van der Waals surface area (Å²) in [6.07, 6.45) is 1.86. The van der Waals surface area contributed by atoms with Gasteiger partial charge in [-0.2, -0.15) is 10.1 Å². The van der Waals surface area contributed by atoms with Crippen molar-refractivity contribution in [2.24, 2.45) is 7.05 Å². The van der Waals surface area contributed by atoms with Crippen LogP contribution in [0.1, 0.15) is 21.9 Å². The number of amides is 1. The Kier molecular flexibility index (Phi) is 3.53. The molecular formula is C13H13N5O2S. The molecule has 0 saturated heterocycles. The van der Waals surface area contributed by atoms with Crippen molar-refractivity contribution < 1.29 is 9.32 Å². The first-order valence-corrected chi connectivity index (χ1v) is 7.16. The molecule has 3 heterocycles. The molecule has 0 aliphatic carbocycles. The van der Waals surface area contributed by atoms with Crippen molar-refractivity contribution in [3.8, 4) is 10.7 Å². The zero-order chi connectivity index (χ0) is 14.8. The number of carbonyl (C=O) groups excluding carboxylic acids is 1. The highest BCUT2D eigenvalue weighted by Gasteiger charge is 2.16. The zero-order valence-corrected chi connectivity index (χ0v) is 12.3. The van der Waals surface area contributed by atoms with Crippen LogP contribution in [0, 0.1) is 6.92 Å². The van der Waals surface area contributed by atoms with Crippen molar-refractivity contribution in [1.82, 2.24) is 25.2 Å². The average molecular weight is 303 g/mol. The largest absolute Gasteiger partial charge is 0.344 e. The molecule has 21 heavy (non-hydrogen) atoms. The fourth-order valence-corrected chi connectivity index (χ4v) is 2.54. The third-order valence-corrected chi connectivity index (χ3v) is 3.78. The molecule has 1 N–H and O–H groups in total. The first-order valence-electron chi connectivity index (χ1n) is 6.28. The fourth-order valence-electron chi connectivity index (χ4n) is 1.89. The number of carbonyl (C=O) groups is 1. The molecule has 3 aromatic heterocycles. The van der Waals surface area contributed by atoms with Crippen LogP contribution in [0.15, 0.2) is 28.2 Å². The number of hydrogen-bond acceptors (Lipinski definition) is 6. The minimum Gasteiger partial charge on any atom is -0.344 e. The fraction of sp³-hybridized carbons (Fsp3) is 0.231. The molecule has 1 amide bonds. The van der Waals surface area contributed by atoms with Crippen molar-refractivity contribution in [3.63, 3.8) is 0 Å². The third-order valence-electron chi connectivity index (χ3n) is 2.92. The van der Waals surface area contributed by atoms with Gasteiger partial charge >= 0.3 is 11.8 Å². The Morgan fingerprint density at radius 3 is 3.05 bits per heavy atom. The van der Waals surface area contributed by atoms with Gasteiger partial charge in [0.2, 0.25) is 5.82 Å². The molecule has 0 unspecified atom stereocenters. The monoisotopic (exact) mass is 303 g/mol. The lowest BCUT2D eigenvalue weighted by atomic mass is 10.2. The second-order valence-corrected chi connectivity index (χ2v) is 5.44. The van der Waals surface area contributed by atoms with Crippen molar-refractivity contribution in [2.75, 3.05) is 0 Å². The molecular weight excluding hydrogens is 290 g/mol. The van der Waals surface area contributed by atoms with Gasteiger partial charge in [0.05, 0.1) is 10.6 Å². The Labute approximate surface area is 124 Å². The predicted molar refractivity (Wildman–Crippen MR) is 76.7 cm³/mol. The van der Waals surface area contributed by atoms with Gasteiger partial charge in [0.25, 0.3) is 0 Å². The predicted octanol–water partition coefficient (Wildman–Crippen LogP) is 1.77. The Morgan fingerprint density at radius 2 is 2.38 bits per heavy atom. The number of nitrogens with zero attached hydrogens (tertiary/aromatic N) is 4. The van der Waals surface area contributed by atoms with Gasteiger partial charge in [-0.3, -0.25) is 9.48 Å². The summed E-state index contributed by atoms with van der Waals surface area (Å²) in [5, 5.41) is 12.7. The van der Waals surface area contributed by atoms with E-state index in [1.165, 1.54) is 11.3 Å². The quantitative estimate of drug-likeness (QED) is 0.794. The van der Waals surface area contributed by atoms with E-state index in [0.29, 0.717) is 12.4 Å². The molecule has 108 valence electrons. The molecule has 0 aliphatic heterocycles. The standard InChI is InChI=1S/C13H13N5O2S/c1-8-9(7-18(2)16-8)6-14-12(19)13-15-11(17-20-13)10-4-3-5-21-10/h3-5,7H,6H2,1-2H3,(H,14,19). The minimum absolute atomic E-state index is 0.0417. The van der Waals surface area contributed by atoms with E-state index in [2.05, 4.69) is 20.6 Å². The van der Waals surface area contributed by atoms with E-state index >= 15 is 0 Å². The molecule has 0 atom stereocenters. The van der Waals surface area contributed by atoms with E-state index in [4.69, 9.17) is 4.52 Å². The number of aryl methyl sites for hydroxylation is 2. The summed E-state index contributed by atoms with van der Waals surface area (Å²) in [5.41, 5.74) is 1.83. The molecule has 3 aromatic rings. The van der Waals surface area contributed by atoms with Gasteiger partial charge in [-0.05, 0) is 18.4 Å². The molecule has 0 aliphatic rings. The zero-order valence-electron chi connectivity index (χ0n) is 11.5. The van der Waals surface area contributed by atoms with Gasteiger partial charge in [0, 0.05) is 25.4 Å². The highest BCUT2D eigenvalue weighted by atomic mass is 32.1. The summed E-state index contributed by atoms with van der Waals surface area (Å²) in [6, 6.07) is 3.76. The first-order chi connectivity index (χ1) is 10.1. The van der Waals surface area contributed by atoms with Crippen molar-refractivity contribution in [1.29, 1.82) is 0 Å². The smallest absolute Gasteiger partial charge is 0.316 e. The lowest BCUT2D eigenvalue weighted by Gasteiger charge is -1.99. The molecule has 0 aromatic carbocycles. The maximum Gasteiger partial charge on any atom is 0.316 e. The van der Waals surface area contributed by atoms with Crippen LogP contribution < -0.4 is 5.32 Å². The van der Waals surface area contributed by atoms with Crippen LogP contribution >= 0.6 is 11.3 Å². The summed E-state index contributed by atoms with van der Waals surface area (Å²) in [7, 11) is 1.84. The van der Waals surface area contributed by atoms with Crippen LogP contribution in [-0.4, -0.2) is 25.8 Å². The number of thiophene rings is 1. The Morgan fingerprint density at radius 1 is 1.52 bits per heavy atom. The number of nitrogens with one attached hydrogen (secondary N) is 1. The Bertz CT molecular complexity index is 759. The maximum absolute atomic E-state index is 12.0. The molecule has 0 bridgehead atoms. The van der Waals surface area contributed by atoms with E-state index in [0.717, 1.165) is 16.1 Å². The van der Waals surface area contributed by atoms with Gasteiger partial charge in [0.15, 0.2) is 0 Å². The topological polar surface area (TPSA) is 85.8 Å². The van der Waals surface area contributed by atoms with Gasteiger partial charge in [-0.25, -0.2) is 0 Å². The molecule has 7 nitrogen and oxygen atoms in total. The second-order valence-electron chi connectivity index (χ2n) is 4.50. The molecule has 8 heteroatoms. The van der Waals surface area contributed by atoms with Gasteiger partial charge in [-0.1, -0.05) is 11.2 Å². The van der Waals surface area contributed by atoms with E-state index < -0.39 is 5.91 Å². The number of hydrogen-bond donors (Lipinski definition) is 1. The van der Waals surface area contributed by atoms with Crippen LogP contribution in [-0.2, 0) is 13.6 Å². The minimum atomic E-state index is -0.395. The third kappa shape index (κ3) is 2.84. The van der Waals surface area contributed by atoms with E-state index in [1.807, 2.05) is 37.7 Å². The highest BCUT2D eigenvalue weighted by molar-refractivity contribution is 7.13. The highest BCUT2D eigenvalue weighted by Crippen LogP contribution is 2.21. The van der Waals surface area contributed by atoms with E-state index in [9.17, 15) is 4.79 Å².